The molecular formula is C14H8ClN3O4S2. The first-order chi connectivity index (χ1) is 11.5. The Bertz CT molecular complexity index is 865. The van der Waals surface area contributed by atoms with Crippen molar-refractivity contribution in [2.75, 3.05) is 5.75 Å². The number of amides is 1. The van der Waals surface area contributed by atoms with Crippen LogP contribution < -0.4 is 0 Å². The quantitative estimate of drug-likeness (QED) is 0.347. The Morgan fingerprint density at radius 1 is 1.42 bits per heavy atom. The highest BCUT2D eigenvalue weighted by molar-refractivity contribution is 8.23. The van der Waals surface area contributed by atoms with E-state index in [2.05, 4.69) is 5.10 Å². The van der Waals surface area contributed by atoms with Crippen LogP contribution in [0.3, 0.4) is 0 Å². The van der Waals surface area contributed by atoms with E-state index >= 15 is 0 Å². The standard InChI is InChI=1S/C14H8ClN3O4S2/c15-10-3-1-8(5-11(10)18(20)21)12-4-2-9(22-12)6-16-17-13(19)7-24-14(17)23/h1-6H,7H2/b16-6+. The summed E-state index contributed by atoms with van der Waals surface area (Å²) in [6.45, 7) is 0. The molecule has 1 aromatic carbocycles. The Kier molecular flexibility index (Phi) is 4.65. The van der Waals surface area contributed by atoms with Crippen LogP contribution in [0.15, 0.2) is 39.9 Å². The number of hydrazone groups is 1. The summed E-state index contributed by atoms with van der Waals surface area (Å²) in [5.74, 6) is 0.881. The minimum Gasteiger partial charge on any atom is -0.455 e. The summed E-state index contributed by atoms with van der Waals surface area (Å²) in [5, 5.41) is 16.1. The number of carbonyl (C=O) groups excluding carboxylic acids is 1. The Hall–Kier alpha value is -2.23. The third kappa shape index (κ3) is 3.32. The average Bonchev–Trinajstić information content (AvgIpc) is 3.13. The fourth-order valence-corrected chi connectivity index (χ4v) is 3.11. The maximum atomic E-state index is 11.6. The highest BCUT2D eigenvalue weighted by Crippen LogP contribution is 2.31. The Labute approximate surface area is 150 Å². The number of thioether (sulfide) groups is 1. The maximum absolute atomic E-state index is 11.6. The lowest BCUT2D eigenvalue weighted by Crippen LogP contribution is -2.22. The van der Waals surface area contributed by atoms with Gasteiger partial charge in [-0.2, -0.15) is 10.1 Å². The van der Waals surface area contributed by atoms with Crippen LogP contribution in [0.5, 0.6) is 0 Å². The number of carbonyl (C=O) groups is 1. The van der Waals surface area contributed by atoms with Gasteiger partial charge in [-0.15, -0.1) is 0 Å². The smallest absolute Gasteiger partial charge is 0.288 e. The van der Waals surface area contributed by atoms with Gasteiger partial charge in [-0.1, -0.05) is 35.6 Å². The molecule has 122 valence electrons. The van der Waals surface area contributed by atoms with Gasteiger partial charge < -0.3 is 4.42 Å². The van der Waals surface area contributed by atoms with Crippen LogP contribution >= 0.6 is 35.6 Å². The molecule has 1 aromatic heterocycles. The molecule has 7 nitrogen and oxygen atoms in total. The number of benzene rings is 1. The van der Waals surface area contributed by atoms with Crippen molar-refractivity contribution in [1.82, 2.24) is 5.01 Å². The van der Waals surface area contributed by atoms with E-state index in [4.69, 9.17) is 28.2 Å². The van der Waals surface area contributed by atoms with Crippen LogP contribution in [0.1, 0.15) is 5.76 Å². The number of hydrogen-bond donors (Lipinski definition) is 0. The molecule has 1 amide bonds. The number of halogens is 1. The van der Waals surface area contributed by atoms with Crippen molar-refractivity contribution in [2.24, 2.45) is 5.10 Å². The second-order valence-electron chi connectivity index (χ2n) is 4.63. The number of hydrogen-bond acceptors (Lipinski definition) is 7. The van der Waals surface area contributed by atoms with Gasteiger partial charge in [0.15, 0.2) is 4.32 Å². The van der Waals surface area contributed by atoms with Crippen molar-refractivity contribution in [3.05, 3.63) is 51.2 Å². The van der Waals surface area contributed by atoms with Crippen molar-refractivity contribution in [2.45, 2.75) is 0 Å². The fraction of sp³-hybridized carbons (Fsp3) is 0.0714. The van der Waals surface area contributed by atoms with Gasteiger partial charge in [0.25, 0.3) is 11.6 Å². The normalized spacial score (nSPS) is 14.8. The molecule has 2 aromatic rings. The molecule has 1 aliphatic heterocycles. The molecule has 3 rings (SSSR count). The summed E-state index contributed by atoms with van der Waals surface area (Å²) in [6, 6.07) is 7.66. The lowest BCUT2D eigenvalue weighted by molar-refractivity contribution is -0.384. The highest BCUT2D eigenvalue weighted by Gasteiger charge is 2.26. The zero-order valence-corrected chi connectivity index (χ0v) is 14.2. The maximum Gasteiger partial charge on any atom is 0.288 e. The van der Waals surface area contributed by atoms with E-state index in [9.17, 15) is 14.9 Å². The minimum atomic E-state index is -0.561. The van der Waals surface area contributed by atoms with E-state index in [1.165, 1.54) is 30.1 Å². The third-order valence-corrected chi connectivity index (χ3v) is 4.74. The second-order valence-corrected chi connectivity index (χ2v) is 6.65. The van der Waals surface area contributed by atoms with Gasteiger partial charge in [-0.3, -0.25) is 14.9 Å². The molecular weight excluding hydrogens is 374 g/mol. The number of furan rings is 1. The first-order valence-corrected chi connectivity index (χ1v) is 8.31. The lowest BCUT2D eigenvalue weighted by Gasteiger charge is -2.05. The van der Waals surface area contributed by atoms with E-state index in [1.54, 1.807) is 18.2 Å². The zero-order valence-electron chi connectivity index (χ0n) is 11.8. The molecule has 0 saturated carbocycles. The largest absolute Gasteiger partial charge is 0.455 e. The first kappa shape index (κ1) is 16.6. The topological polar surface area (TPSA) is 89.0 Å². The van der Waals surface area contributed by atoms with Crippen molar-refractivity contribution in [1.29, 1.82) is 0 Å². The van der Waals surface area contributed by atoms with Gasteiger partial charge in [0, 0.05) is 11.6 Å². The van der Waals surface area contributed by atoms with E-state index in [1.807, 2.05) is 0 Å². The van der Waals surface area contributed by atoms with Crippen LogP contribution in [-0.4, -0.2) is 32.1 Å². The van der Waals surface area contributed by atoms with E-state index in [0.29, 0.717) is 21.4 Å². The van der Waals surface area contributed by atoms with Crippen LogP contribution in [0, 0.1) is 10.1 Å². The van der Waals surface area contributed by atoms with Crippen LogP contribution in [0.25, 0.3) is 11.3 Å². The van der Waals surface area contributed by atoms with Crippen molar-refractivity contribution in [3.63, 3.8) is 0 Å². The number of nitro groups is 1. The molecule has 0 bridgehead atoms. The molecule has 1 aliphatic rings. The summed E-state index contributed by atoms with van der Waals surface area (Å²) in [5.41, 5.74) is 0.305. The SMILES string of the molecule is O=C1CSC(=S)N1/N=C/c1ccc(-c2ccc(Cl)c([N+](=O)[O-])c2)o1. The van der Waals surface area contributed by atoms with E-state index < -0.39 is 4.92 Å². The van der Waals surface area contributed by atoms with Crippen LogP contribution in [-0.2, 0) is 4.79 Å². The van der Waals surface area contributed by atoms with Gasteiger partial charge >= 0.3 is 0 Å². The number of nitro benzene ring substituents is 1. The minimum absolute atomic E-state index is 0.0515. The van der Waals surface area contributed by atoms with E-state index in [0.717, 1.165) is 5.01 Å². The third-order valence-electron chi connectivity index (χ3n) is 3.08. The second kappa shape index (κ2) is 6.71. The monoisotopic (exact) mass is 381 g/mol. The summed E-state index contributed by atoms with van der Waals surface area (Å²) in [7, 11) is 0. The number of rotatable bonds is 4. The molecule has 0 atom stereocenters. The van der Waals surface area contributed by atoms with Gasteiger partial charge in [-0.05, 0) is 24.3 Å². The fourth-order valence-electron chi connectivity index (χ4n) is 1.96. The van der Waals surface area contributed by atoms with Gasteiger partial charge in [0.05, 0.1) is 16.9 Å². The molecule has 24 heavy (non-hydrogen) atoms. The number of thiocarbonyl (C=S) groups is 1. The first-order valence-electron chi connectivity index (χ1n) is 6.53. The van der Waals surface area contributed by atoms with Crippen LogP contribution in [0.4, 0.5) is 5.69 Å². The molecule has 0 N–H and O–H groups in total. The molecule has 10 heteroatoms. The molecule has 0 unspecified atom stereocenters. The van der Waals surface area contributed by atoms with Gasteiger partial charge in [0.2, 0.25) is 0 Å². The summed E-state index contributed by atoms with van der Waals surface area (Å²) in [6.07, 6.45) is 1.36. The van der Waals surface area contributed by atoms with Crippen LogP contribution in [0.2, 0.25) is 5.02 Å². The predicted octanol–water partition coefficient (Wildman–Crippen LogP) is 3.70. The van der Waals surface area contributed by atoms with Crippen molar-refractivity contribution < 1.29 is 14.1 Å². The van der Waals surface area contributed by atoms with E-state index in [-0.39, 0.29) is 22.4 Å². The Balaban J connectivity index is 1.83. The predicted molar refractivity (Wildman–Crippen MR) is 95.3 cm³/mol. The Morgan fingerprint density at radius 2 is 2.21 bits per heavy atom. The zero-order chi connectivity index (χ0) is 17.3. The lowest BCUT2D eigenvalue weighted by atomic mass is 10.1. The number of nitrogens with zero attached hydrogens (tertiary/aromatic N) is 3. The summed E-state index contributed by atoms with van der Waals surface area (Å²) >= 11 is 12.0. The molecule has 1 saturated heterocycles. The molecule has 0 aliphatic carbocycles. The molecule has 0 spiro atoms. The Morgan fingerprint density at radius 3 is 2.88 bits per heavy atom. The molecule has 1 fully saturated rings. The van der Waals surface area contributed by atoms with Crippen molar-refractivity contribution >= 4 is 57.7 Å². The molecule has 2 heterocycles. The highest BCUT2D eigenvalue weighted by atomic mass is 35.5. The van der Waals surface area contributed by atoms with Gasteiger partial charge in [0.1, 0.15) is 16.5 Å². The summed E-state index contributed by atoms with van der Waals surface area (Å²) < 4.78 is 5.96. The van der Waals surface area contributed by atoms with Gasteiger partial charge in [-0.25, -0.2) is 0 Å². The average molecular weight is 382 g/mol. The molecule has 0 radical (unpaired) electrons. The van der Waals surface area contributed by atoms with Crippen molar-refractivity contribution in [3.8, 4) is 11.3 Å². The summed E-state index contributed by atoms with van der Waals surface area (Å²) in [4.78, 5) is 21.9.